The normalized spacial score (nSPS) is 11.9. The molecule has 6 heteroatoms. The molecule has 2 aromatic carbocycles. The van der Waals surface area contributed by atoms with Crippen molar-refractivity contribution in [2.75, 3.05) is 13.2 Å². The molecule has 0 radical (unpaired) electrons. The molecule has 0 amide bonds. The van der Waals surface area contributed by atoms with Crippen molar-refractivity contribution in [3.8, 4) is 11.5 Å². The van der Waals surface area contributed by atoms with Gasteiger partial charge < -0.3 is 19.7 Å². The molecule has 270 valence electrons. The molecule has 0 aliphatic heterocycles. The molecule has 2 rings (SSSR count). The molecule has 0 atom stereocenters. The minimum absolute atomic E-state index is 0.0848. The van der Waals surface area contributed by atoms with Crippen LogP contribution in [0.25, 0.3) is 0 Å². The van der Waals surface area contributed by atoms with E-state index in [1.165, 1.54) is 11.1 Å². The van der Waals surface area contributed by atoms with Gasteiger partial charge in [0.05, 0.1) is 13.2 Å². The van der Waals surface area contributed by atoms with E-state index in [4.69, 9.17) is 9.47 Å². The summed E-state index contributed by atoms with van der Waals surface area (Å²) < 4.78 is 10.8. The molecule has 2 N–H and O–H groups in total. The van der Waals surface area contributed by atoms with Gasteiger partial charge in [-0.3, -0.25) is 9.59 Å². The van der Waals surface area contributed by atoms with Crippen LogP contribution in [0.1, 0.15) is 165 Å². The summed E-state index contributed by atoms with van der Waals surface area (Å²) in [5.41, 5.74) is 6.27. The number of rotatable bonds is 21. The Hall–Kier alpha value is -3.02. The molecule has 0 aromatic heterocycles. The predicted octanol–water partition coefficient (Wildman–Crippen LogP) is 10.6. The molecule has 0 heterocycles. The number of phenols is 2. The molecule has 0 spiro atoms. The Labute approximate surface area is 292 Å². The second-order valence-electron chi connectivity index (χ2n) is 15.8. The van der Waals surface area contributed by atoms with Crippen LogP contribution >= 0.6 is 0 Å². The van der Waals surface area contributed by atoms with Crippen molar-refractivity contribution in [3.63, 3.8) is 0 Å². The average Bonchev–Trinajstić information content (AvgIpc) is 2.99. The fourth-order valence-corrected chi connectivity index (χ4v) is 6.12. The standard InChI is InChI=1S/C42H66O6/c1-31-27-33(29-35(39(31)45)41(3,4)5)21-15-11-13-19-25-47-37(43)23-17-9-10-18-24-38(44)48-26-20-14-12-16-22-34-28-32(2)40(46)36(30-34)42(6,7)8/h27-30,45-46H,9-26H2,1-8H3. The number of esters is 2. The number of benzene rings is 2. The quantitative estimate of drug-likeness (QED) is 0.102. The Kier molecular flexibility index (Phi) is 17.6. The highest BCUT2D eigenvalue weighted by molar-refractivity contribution is 5.69. The molecule has 48 heavy (non-hydrogen) atoms. The third kappa shape index (κ3) is 15.5. The molecule has 0 unspecified atom stereocenters. The van der Waals surface area contributed by atoms with Crippen LogP contribution in [0.5, 0.6) is 11.5 Å². The van der Waals surface area contributed by atoms with Crippen molar-refractivity contribution in [1.82, 2.24) is 0 Å². The van der Waals surface area contributed by atoms with Gasteiger partial charge >= 0.3 is 11.9 Å². The van der Waals surface area contributed by atoms with E-state index in [2.05, 4.69) is 65.8 Å². The number of phenolic OH excluding ortho intramolecular Hbond substituents is 2. The maximum Gasteiger partial charge on any atom is 0.305 e. The maximum absolute atomic E-state index is 12.1. The van der Waals surface area contributed by atoms with Gasteiger partial charge in [0.15, 0.2) is 0 Å². The molecule has 0 aliphatic rings. The molecule has 0 saturated heterocycles. The lowest BCUT2D eigenvalue weighted by atomic mass is 9.83. The van der Waals surface area contributed by atoms with Gasteiger partial charge in [0.2, 0.25) is 0 Å². The first kappa shape index (κ1) is 41.2. The van der Waals surface area contributed by atoms with Crippen LogP contribution in [0, 0.1) is 13.8 Å². The highest BCUT2D eigenvalue weighted by Gasteiger charge is 2.21. The summed E-state index contributed by atoms with van der Waals surface area (Å²) in [4.78, 5) is 24.1. The van der Waals surface area contributed by atoms with Crippen molar-refractivity contribution >= 4 is 11.9 Å². The molecule has 6 nitrogen and oxygen atoms in total. The lowest BCUT2D eigenvalue weighted by Crippen LogP contribution is -2.12. The summed E-state index contributed by atoms with van der Waals surface area (Å²) in [6, 6.07) is 8.47. The minimum Gasteiger partial charge on any atom is -0.507 e. The summed E-state index contributed by atoms with van der Waals surface area (Å²) in [6.07, 6.45) is 14.4. The molecule has 0 saturated carbocycles. The van der Waals surface area contributed by atoms with Crippen LogP contribution in [0.2, 0.25) is 0 Å². The average molecular weight is 667 g/mol. The van der Waals surface area contributed by atoms with Crippen LogP contribution < -0.4 is 0 Å². The number of hydrogen-bond acceptors (Lipinski definition) is 6. The van der Waals surface area contributed by atoms with E-state index >= 15 is 0 Å². The second-order valence-corrected chi connectivity index (χ2v) is 15.8. The van der Waals surface area contributed by atoms with Gasteiger partial charge in [-0.05, 0) is 109 Å². The van der Waals surface area contributed by atoms with E-state index in [1.54, 1.807) is 0 Å². The topological polar surface area (TPSA) is 93.1 Å². The first-order valence-corrected chi connectivity index (χ1v) is 18.6. The van der Waals surface area contributed by atoms with Crippen molar-refractivity contribution in [2.24, 2.45) is 0 Å². The van der Waals surface area contributed by atoms with Gasteiger partial charge in [0.25, 0.3) is 0 Å². The van der Waals surface area contributed by atoms with Gasteiger partial charge in [-0.2, -0.15) is 0 Å². The fraction of sp³-hybridized carbons (Fsp3) is 0.667. The zero-order valence-electron chi connectivity index (χ0n) is 31.6. The largest absolute Gasteiger partial charge is 0.507 e. The van der Waals surface area contributed by atoms with E-state index in [1.807, 2.05) is 13.8 Å². The Morgan fingerprint density at radius 1 is 0.521 bits per heavy atom. The number of aryl methyl sites for hydroxylation is 4. The van der Waals surface area contributed by atoms with Gasteiger partial charge in [-0.25, -0.2) is 0 Å². The number of hydrogen-bond donors (Lipinski definition) is 2. The smallest absolute Gasteiger partial charge is 0.305 e. The third-order valence-electron chi connectivity index (χ3n) is 9.09. The Balaban J connectivity index is 1.42. The van der Waals surface area contributed by atoms with Crippen LogP contribution in [-0.2, 0) is 42.7 Å². The molecule has 0 aliphatic carbocycles. The van der Waals surface area contributed by atoms with E-state index in [0.29, 0.717) is 37.6 Å². The van der Waals surface area contributed by atoms with Crippen molar-refractivity contribution in [3.05, 3.63) is 57.6 Å². The number of aromatic hydroxyl groups is 2. The van der Waals surface area contributed by atoms with Crippen LogP contribution in [0.3, 0.4) is 0 Å². The molecule has 0 bridgehead atoms. The van der Waals surface area contributed by atoms with Crippen molar-refractivity contribution in [1.29, 1.82) is 0 Å². The predicted molar refractivity (Wildman–Crippen MR) is 197 cm³/mol. The summed E-state index contributed by atoms with van der Waals surface area (Å²) in [6.45, 7) is 17.7. The Morgan fingerprint density at radius 3 is 1.21 bits per heavy atom. The SMILES string of the molecule is Cc1cc(CCCCCCOC(=O)CCCCCCC(=O)OCCCCCCc2cc(C)c(O)c(C(C)(C)C)c2)cc(C(C)(C)C)c1O. The molecule has 2 aromatic rings. The van der Waals surface area contributed by atoms with Gasteiger partial charge in [0, 0.05) is 12.8 Å². The van der Waals surface area contributed by atoms with E-state index in [0.717, 1.165) is 112 Å². The molecular weight excluding hydrogens is 600 g/mol. The highest BCUT2D eigenvalue weighted by atomic mass is 16.5. The fourth-order valence-electron chi connectivity index (χ4n) is 6.12. The summed E-state index contributed by atoms with van der Waals surface area (Å²) >= 11 is 0. The zero-order chi connectivity index (χ0) is 35.7. The van der Waals surface area contributed by atoms with E-state index in [-0.39, 0.29) is 22.8 Å². The first-order chi connectivity index (χ1) is 22.6. The number of unbranched alkanes of at least 4 members (excludes halogenated alkanes) is 9. The highest BCUT2D eigenvalue weighted by Crippen LogP contribution is 2.35. The van der Waals surface area contributed by atoms with Crippen LogP contribution in [-0.4, -0.2) is 35.4 Å². The Bertz CT molecular complexity index is 1180. The number of ether oxygens (including phenoxy) is 2. The molecule has 0 fully saturated rings. The lowest BCUT2D eigenvalue weighted by Gasteiger charge is -2.22. The van der Waals surface area contributed by atoms with E-state index < -0.39 is 0 Å². The monoisotopic (exact) mass is 666 g/mol. The van der Waals surface area contributed by atoms with E-state index in [9.17, 15) is 19.8 Å². The number of carbonyl (C=O) groups is 2. The van der Waals surface area contributed by atoms with Gasteiger partial charge in [0.1, 0.15) is 11.5 Å². The Morgan fingerprint density at radius 2 is 0.854 bits per heavy atom. The van der Waals surface area contributed by atoms with Gasteiger partial charge in [-0.1, -0.05) is 104 Å². The van der Waals surface area contributed by atoms with Crippen LogP contribution in [0.15, 0.2) is 24.3 Å². The summed E-state index contributed by atoms with van der Waals surface area (Å²) in [7, 11) is 0. The lowest BCUT2D eigenvalue weighted by molar-refractivity contribution is -0.145. The van der Waals surface area contributed by atoms with Gasteiger partial charge in [-0.15, -0.1) is 0 Å². The third-order valence-corrected chi connectivity index (χ3v) is 9.09. The maximum atomic E-state index is 12.1. The number of carbonyl (C=O) groups excluding carboxylic acids is 2. The summed E-state index contributed by atoms with van der Waals surface area (Å²) in [5.74, 6) is 0.568. The zero-order valence-corrected chi connectivity index (χ0v) is 31.6. The molecular formula is C42H66O6. The first-order valence-electron chi connectivity index (χ1n) is 18.6. The van der Waals surface area contributed by atoms with Crippen LogP contribution in [0.4, 0.5) is 0 Å². The van der Waals surface area contributed by atoms with Crippen molar-refractivity contribution < 1.29 is 29.3 Å². The minimum atomic E-state index is -0.128. The summed E-state index contributed by atoms with van der Waals surface area (Å²) in [5, 5.41) is 20.8. The van der Waals surface area contributed by atoms with Crippen molar-refractivity contribution in [2.45, 2.75) is 169 Å². The second kappa shape index (κ2) is 20.5.